The molecule has 0 bridgehead atoms. The smallest absolute Gasteiger partial charge is 0.304 e. The Hall–Kier alpha value is -0.650. The highest BCUT2D eigenvalue weighted by molar-refractivity contribution is 5.66. The van der Waals surface area contributed by atoms with Gasteiger partial charge in [-0.3, -0.25) is 4.79 Å². The molecule has 0 unspecified atom stereocenters. The number of nitrogens with zero attached hydrogens (tertiary/aromatic N) is 2. The Morgan fingerprint density at radius 3 is 2.33 bits per heavy atom. The fourth-order valence-electron chi connectivity index (χ4n) is 1.73. The highest BCUT2D eigenvalue weighted by Crippen LogP contribution is 1.98. The van der Waals surface area contributed by atoms with Crippen molar-refractivity contribution in [3.8, 4) is 0 Å². The summed E-state index contributed by atoms with van der Waals surface area (Å²) in [6.45, 7) is 7.03. The number of carboxylic acids is 1. The summed E-state index contributed by atoms with van der Waals surface area (Å²) in [5.74, 6) is -0.725. The van der Waals surface area contributed by atoms with E-state index in [9.17, 15) is 4.79 Å². The van der Waals surface area contributed by atoms with Gasteiger partial charge in [-0.05, 0) is 47.0 Å². The van der Waals surface area contributed by atoms with Crippen molar-refractivity contribution < 1.29 is 14.6 Å². The molecule has 0 rings (SSSR count). The van der Waals surface area contributed by atoms with Gasteiger partial charge in [-0.25, -0.2) is 0 Å². The molecule has 0 amide bonds. The van der Waals surface area contributed by atoms with E-state index >= 15 is 0 Å². The van der Waals surface area contributed by atoms with E-state index in [1.54, 1.807) is 0 Å². The Bertz CT molecular complexity index is 210. The molecule has 0 heterocycles. The lowest BCUT2D eigenvalue weighted by atomic mass is 10.3. The fourth-order valence-corrected chi connectivity index (χ4v) is 1.73. The van der Waals surface area contributed by atoms with Crippen LogP contribution in [-0.2, 0) is 9.53 Å². The first-order chi connectivity index (χ1) is 8.56. The average Bonchev–Trinajstić information content (AvgIpc) is 2.30. The molecule has 0 aromatic heterocycles. The minimum absolute atomic E-state index is 0.219. The van der Waals surface area contributed by atoms with Gasteiger partial charge >= 0.3 is 5.97 Å². The minimum Gasteiger partial charge on any atom is -0.481 e. The summed E-state index contributed by atoms with van der Waals surface area (Å²) >= 11 is 0. The van der Waals surface area contributed by atoms with E-state index in [0.717, 1.165) is 45.7 Å². The summed E-state index contributed by atoms with van der Waals surface area (Å²) in [4.78, 5) is 15.0. The molecule has 5 heteroatoms. The van der Waals surface area contributed by atoms with Crippen molar-refractivity contribution in [2.45, 2.75) is 26.2 Å². The maximum absolute atomic E-state index is 10.6. The van der Waals surface area contributed by atoms with Gasteiger partial charge < -0.3 is 19.6 Å². The van der Waals surface area contributed by atoms with Gasteiger partial charge in [0.1, 0.15) is 0 Å². The lowest BCUT2D eigenvalue weighted by Gasteiger charge is -2.22. The molecule has 0 aromatic rings. The number of carbonyl (C=O) groups is 1. The van der Waals surface area contributed by atoms with E-state index in [-0.39, 0.29) is 6.42 Å². The van der Waals surface area contributed by atoms with E-state index in [2.05, 4.69) is 23.9 Å². The molecule has 0 spiro atoms. The quantitative estimate of drug-likeness (QED) is 0.533. The van der Waals surface area contributed by atoms with E-state index in [1.165, 1.54) is 0 Å². The molecule has 0 fully saturated rings. The number of hydrogen-bond donors (Lipinski definition) is 1. The standard InChI is InChI=1S/C13H28N2O3/c1-4-18-12-6-10-15(11-7-13(16)17)9-5-8-14(2)3/h4-12H2,1-3H3,(H,16,17). The summed E-state index contributed by atoms with van der Waals surface area (Å²) in [7, 11) is 4.10. The van der Waals surface area contributed by atoms with Crippen molar-refractivity contribution in [3.63, 3.8) is 0 Å². The zero-order valence-electron chi connectivity index (χ0n) is 12.0. The van der Waals surface area contributed by atoms with Crippen LogP contribution in [0.15, 0.2) is 0 Å². The fraction of sp³-hybridized carbons (Fsp3) is 0.923. The largest absolute Gasteiger partial charge is 0.481 e. The summed E-state index contributed by atoms with van der Waals surface area (Å²) in [6.07, 6.45) is 2.26. The van der Waals surface area contributed by atoms with Crippen LogP contribution in [0.3, 0.4) is 0 Å². The predicted molar refractivity (Wildman–Crippen MR) is 73.0 cm³/mol. The second-order valence-corrected chi connectivity index (χ2v) is 4.69. The third-order valence-electron chi connectivity index (χ3n) is 2.69. The molecule has 1 N–H and O–H groups in total. The molecular formula is C13H28N2O3. The second-order valence-electron chi connectivity index (χ2n) is 4.69. The maximum Gasteiger partial charge on any atom is 0.304 e. The molecule has 0 saturated heterocycles. The van der Waals surface area contributed by atoms with Crippen molar-refractivity contribution in [3.05, 3.63) is 0 Å². The average molecular weight is 260 g/mol. The minimum atomic E-state index is -0.725. The molecule has 108 valence electrons. The van der Waals surface area contributed by atoms with E-state index in [4.69, 9.17) is 9.84 Å². The first kappa shape index (κ1) is 17.4. The predicted octanol–water partition coefficient (Wildman–Crippen LogP) is 1.14. The van der Waals surface area contributed by atoms with E-state index in [0.29, 0.717) is 6.54 Å². The molecule has 0 aromatic carbocycles. The maximum atomic E-state index is 10.6. The Kier molecular flexibility index (Phi) is 11.0. The highest BCUT2D eigenvalue weighted by atomic mass is 16.5. The Labute approximate surface area is 111 Å². The van der Waals surface area contributed by atoms with Crippen LogP contribution in [-0.4, -0.2) is 74.4 Å². The molecule has 5 nitrogen and oxygen atoms in total. The van der Waals surface area contributed by atoms with Gasteiger partial charge in [-0.15, -0.1) is 0 Å². The highest BCUT2D eigenvalue weighted by Gasteiger charge is 2.07. The lowest BCUT2D eigenvalue weighted by Crippen LogP contribution is -2.31. The number of hydrogen-bond acceptors (Lipinski definition) is 4. The molecule has 0 aliphatic carbocycles. The monoisotopic (exact) mass is 260 g/mol. The number of aliphatic carboxylic acids is 1. The van der Waals surface area contributed by atoms with Crippen molar-refractivity contribution >= 4 is 5.97 Å². The Morgan fingerprint density at radius 2 is 1.78 bits per heavy atom. The van der Waals surface area contributed by atoms with Crippen LogP contribution in [0.5, 0.6) is 0 Å². The van der Waals surface area contributed by atoms with Crippen LogP contribution >= 0.6 is 0 Å². The van der Waals surface area contributed by atoms with Crippen LogP contribution < -0.4 is 0 Å². The Balaban J connectivity index is 3.80. The van der Waals surface area contributed by atoms with Crippen LogP contribution in [0, 0.1) is 0 Å². The van der Waals surface area contributed by atoms with Crippen LogP contribution in [0.25, 0.3) is 0 Å². The SMILES string of the molecule is CCOCCCN(CCCN(C)C)CCC(=O)O. The van der Waals surface area contributed by atoms with Crippen LogP contribution in [0.4, 0.5) is 0 Å². The first-order valence-corrected chi connectivity index (χ1v) is 6.73. The normalized spacial score (nSPS) is 11.4. The van der Waals surface area contributed by atoms with Crippen molar-refractivity contribution in [2.75, 3.05) is 53.5 Å². The van der Waals surface area contributed by atoms with Gasteiger partial charge in [0.25, 0.3) is 0 Å². The number of ether oxygens (including phenoxy) is 1. The molecule has 18 heavy (non-hydrogen) atoms. The molecule has 0 radical (unpaired) electrons. The topological polar surface area (TPSA) is 53.0 Å². The van der Waals surface area contributed by atoms with Gasteiger partial charge in [-0.2, -0.15) is 0 Å². The van der Waals surface area contributed by atoms with Gasteiger partial charge in [0.2, 0.25) is 0 Å². The van der Waals surface area contributed by atoms with Gasteiger partial charge in [0.05, 0.1) is 6.42 Å². The summed E-state index contributed by atoms with van der Waals surface area (Å²) < 4.78 is 5.30. The van der Waals surface area contributed by atoms with E-state index in [1.807, 2.05) is 6.92 Å². The molecular weight excluding hydrogens is 232 g/mol. The summed E-state index contributed by atoms with van der Waals surface area (Å²) in [5, 5.41) is 8.73. The number of rotatable bonds is 12. The van der Waals surface area contributed by atoms with Gasteiger partial charge in [0.15, 0.2) is 0 Å². The zero-order chi connectivity index (χ0) is 13.8. The molecule has 0 atom stereocenters. The third kappa shape index (κ3) is 11.8. The molecule has 0 aliphatic heterocycles. The van der Waals surface area contributed by atoms with Crippen molar-refractivity contribution in [1.82, 2.24) is 9.80 Å². The number of carboxylic acid groups (broad SMARTS) is 1. The zero-order valence-corrected chi connectivity index (χ0v) is 12.0. The molecule has 0 saturated carbocycles. The van der Waals surface area contributed by atoms with Crippen LogP contribution in [0.2, 0.25) is 0 Å². The van der Waals surface area contributed by atoms with Crippen LogP contribution in [0.1, 0.15) is 26.2 Å². The van der Waals surface area contributed by atoms with Crippen molar-refractivity contribution in [1.29, 1.82) is 0 Å². The van der Waals surface area contributed by atoms with Crippen molar-refractivity contribution in [2.24, 2.45) is 0 Å². The summed E-state index contributed by atoms with van der Waals surface area (Å²) in [6, 6.07) is 0. The second kappa shape index (κ2) is 11.4. The molecule has 0 aliphatic rings. The first-order valence-electron chi connectivity index (χ1n) is 6.73. The van der Waals surface area contributed by atoms with Gasteiger partial charge in [-0.1, -0.05) is 0 Å². The van der Waals surface area contributed by atoms with E-state index < -0.39 is 5.97 Å². The van der Waals surface area contributed by atoms with Gasteiger partial charge in [0, 0.05) is 26.3 Å². The lowest BCUT2D eigenvalue weighted by molar-refractivity contribution is -0.137. The summed E-state index contributed by atoms with van der Waals surface area (Å²) in [5.41, 5.74) is 0. The third-order valence-corrected chi connectivity index (χ3v) is 2.69. The Morgan fingerprint density at radius 1 is 1.11 bits per heavy atom.